The van der Waals surface area contributed by atoms with Crippen molar-refractivity contribution in [1.82, 2.24) is 0 Å². The Morgan fingerprint density at radius 1 is 1.10 bits per heavy atom. The molecule has 21 heavy (non-hydrogen) atoms. The van der Waals surface area contributed by atoms with Gasteiger partial charge in [-0.05, 0) is 36.6 Å². The number of nitrogens with zero attached hydrogens (tertiary/aromatic N) is 1. The minimum absolute atomic E-state index is 0. The molecule has 0 unspecified atom stereocenters. The molecule has 3 nitrogen and oxygen atoms in total. The van der Waals surface area contributed by atoms with Crippen LogP contribution in [0.25, 0.3) is 0 Å². The minimum atomic E-state index is 0. The first-order valence-corrected chi connectivity index (χ1v) is 6.89. The number of hydrogen-bond acceptors (Lipinski definition) is 1. The highest BCUT2D eigenvalue weighted by atomic mass is 127. The number of nitrogens with two attached hydrogens (primary N) is 1. The molecule has 0 spiro atoms. The van der Waals surface area contributed by atoms with E-state index in [1.54, 1.807) is 0 Å². The molecule has 3 N–H and O–H groups in total. The van der Waals surface area contributed by atoms with Crippen LogP contribution in [0.2, 0.25) is 0 Å². The summed E-state index contributed by atoms with van der Waals surface area (Å²) in [6.07, 6.45) is 1.01. The molecule has 0 aliphatic rings. The summed E-state index contributed by atoms with van der Waals surface area (Å²) in [5.41, 5.74) is 10.6. The van der Waals surface area contributed by atoms with Crippen LogP contribution in [-0.4, -0.2) is 5.96 Å². The predicted molar refractivity (Wildman–Crippen MR) is 101 cm³/mol. The normalized spacial score (nSPS) is 10.9. The topological polar surface area (TPSA) is 50.4 Å². The summed E-state index contributed by atoms with van der Waals surface area (Å²) in [5.74, 6) is 0.444. The average Bonchev–Trinajstić information content (AvgIpc) is 2.45. The first kappa shape index (κ1) is 17.5. The lowest BCUT2D eigenvalue weighted by molar-refractivity contribution is 1.05. The number of anilines is 1. The lowest BCUT2D eigenvalue weighted by Crippen LogP contribution is -2.22. The van der Waals surface area contributed by atoms with Crippen LogP contribution in [0.15, 0.2) is 53.5 Å². The molecule has 2 rings (SSSR count). The van der Waals surface area contributed by atoms with E-state index in [9.17, 15) is 0 Å². The van der Waals surface area contributed by atoms with Crippen molar-refractivity contribution >= 4 is 35.6 Å². The van der Waals surface area contributed by atoms with Crippen molar-refractivity contribution in [3.63, 3.8) is 0 Å². The van der Waals surface area contributed by atoms with Gasteiger partial charge in [-0.25, -0.2) is 4.99 Å². The Labute approximate surface area is 143 Å². The van der Waals surface area contributed by atoms with Gasteiger partial charge in [0.1, 0.15) is 0 Å². The fraction of sp³-hybridized carbons (Fsp3) is 0.235. The smallest absolute Gasteiger partial charge is 0.193 e. The van der Waals surface area contributed by atoms with Crippen molar-refractivity contribution in [1.29, 1.82) is 0 Å². The van der Waals surface area contributed by atoms with Gasteiger partial charge >= 0.3 is 0 Å². The van der Waals surface area contributed by atoms with E-state index in [2.05, 4.69) is 54.5 Å². The molecule has 112 valence electrons. The number of halogens is 1. The maximum Gasteiger partial charge on any atom is 0.193 e. The van der Waals surface area contributed by atoms with Crippen molar-refractivity contribution in [3.05, 3.63) is 65.2 Å². The third kappa shape index (κ3) is 5.75. The molecule has 0 amide bonds. The zero-order valence-electron chi connectivity index (χ0n) is 12.5. The molecule has 0 aromatic heterocycles. The summed E-state index contributed by atoms with van der Waals surface area (Å²) < 4.78 is 0. The lowest BCUT2D eigenvalue weighted by atomic mass is 10.1. The molecule has 0 fully saturated rings. The number of aliphatic imine (C=N–C) groups is 1. The van der Waals surface area contributed by atoms with Crippen molar-refractivity contribution in [2.24, 2.45) is 10.7 Å². The molecule has 0 aliphatic heterocycles. The molecule has 0 saturated carbocycles. The number of hydrogen-bond donors (Lipinski definition) is 2. The van der Waals surface area contributed by atoms with E-state index < -0.39 is 0 Å². The maximum atomic E-state index is 5.92. The van der Waals surface area contributed by atoms with Crippen molar-refractivity contribution in [2.75, 3.05) is 5.32 Å². The van der Waals surface area contributed by atoms with Crippen LogP contribution in [0.4, 0.5) is 5.69 Å². The van der Waals surface area contributed by atoms with Crippen molar-refractivity contribution in [2.45, 2.75) is 26.8 Å². The molecule has 0 atom stereocenters. The molecule has 0 saturated heterocycles. The third-order valence-electron chi connectivity index (χ3n) is 3.12. The van der Waals surface area contributed by atoms with Crippen LogP contribution in [0.5, 0.6) is 0 Å². The molecule has 2 aromatic rings. The zero-order valence-corrected chi connectivity index (χ0v) is 14.8. The molecule has 2 aromatic carbocycles. The SMILES string of the molecule is CCc1cccc(NC(N)=NCc2cccc(C)c2)c1.I. The van der Waals surface area contributed by atoms with Gasteiger partial charge in [0.15, 0.2) is 5.96 Å². The number of aryl methyl sites for hydroxylation is 2. The average molecular weight is 395 g/mol. The second-order valence-corrected chi connectivity index (χ2v) is 4.87. The van der Waals surface area contributed by atoms with E-state index >= 15 is 0 Å². The second kappa shape index (κ2) is 8.67. The molecule has 0 heterocycles. The fourth-order valence-corrected chi connectivity index (χ4v) is 2.04. The summed E-state index contributed by atoms with van der Waals surface area (Å²) in [6, 6.07) is 16.5. The Bertz CT molecular complexity index is 608. The maximum absolute atomic E-state index is 5.92. The predicted octanol–water partition coefficient (Wildman–Crippen LogP) is 4.10. The van der Waals surface area contributed by atoms with E-state index in [1.807, 2.05) is 18.2 Å². The Balaban J connectivity index is 0.00000220. The molecular formula is C17H22IN3. The van der Waals surface area contributed by atoms with Gasteiger partial charge in [-0.2, -0.15) is 0 Å². The molecule has 0 radical (unpaired) electrons. The van der Waals surface area contributed by atoms with Gasteiger partial charge in [-0.15, -0.1) is 24.0 Å². The van der Waals surface area contributed by atoms with E-state index in [4.69, 9.17) is 5.73 Å². The van der Waals surface area contributed by atoms with Gasteiger partial charge in [0, 0.05) is 5.69 Å². The highest BCUT2D eigenvalue weighted by Crippen LogP contribution is 2.11. The quantitative estimate of drug-likeness (QED) is 0.465. The first-order valence-electron chi connectivity index (χ1n) is 6.89. The van der Waals surface area contributed by atoms with E-state index in [0.717, 1.165) is 17.7 Å². The number of nitrogens with one attached hydrogen (secondary N) is 1. The summed E-state index contributed by atoms with van der Waals surface area (Å²) in [7, 11) is 0. The molecule has 0 bridgehead atoms. The van der Waals surface area contributed by atoms with E-state index in [-0.39, 0.29) is 24.0 Å². The third-order valence-corrected chi connectivity index (χ3v) is 3.12. The summed E-state index contributed by atoms with van der Waals surface area (Å²) in [4.78, 5) is 4.37. The summed E-state index contributed by atoms with van der Waals surface area (Å²) >= 11 is 0. The van der Waals surface area contributed by atoms with Crippen LogP contribution in [0.3, 0.4) is 0 Å². The van der Waals surface area contributed by atoms with Gasteiger partial charge in [-0.3, -0.25) is 0 Å². The van der Waals surface area contributed by atoms with Gasteiger partial charge in [-0.1, -0.05) is 48.9 Å². The van der Waals surface area contributed by atoms with Crippen LogP contribution < -0.4 is 11.1 Å². The van der Waals surface area contributed by atoms with Crippen molar-refractivity contribution < 1.29 is 0 Å². The second-order valence-electron chi connectivity index (χ2n) is 4.87. The van der Waals surface area contributed by atoms with Crippen molar-refractivity contribution in [3.8, 4) is 0 Å². The standard InChI is InChI=1S/C17H21N3.HI/c1-3-14-7-5-9-16(11-14)20-17(18)19-12-15-8-4-6-13(2)10-15;/h4-11H,3,12H2,1-2H3,(H3,18,19,20);1H. The first-order chi connectivity index (χ1) is 9.67. The Kier molecular flexibility index (Phi) is 7.22. The minimum Gasteiger partial charge on any atom is -0.370 e. The zero-order chi connectivity index (χ0) is 14.4. The molecule has 4 heteroatoms. The summed E-state index contributed by atoms with van der Waals surface area (Å²) in [6.45, 7) is 4.80. The highest BCUT2D eigenvalue weighted by Gasteiger charge is 1.97. The lowest BCUT2D eigenvalue weighted by Gasteiger charge is -2.07. The fourth-order valence-electron chi connectivity index (χ4n) is 2.04. The Morgan fingerprint density at radius 3 is 2.52 bits per heavy atom. The van der Waals surface area contributed by atoms with Crippen LogP contribution >= 0.6 is 24.0 Å². The summed E-state index contributed by atoms with van der Waals surface area (Å²) in [5, 5.41) is 3.13. The van der Waals surface area contributed by atoms with E-state index in [1.165, 1.54) is 11.1 Å². The molecular weight excluding hydrogens is 373 g/mol. The largest absolute Gasteiger partial charge is 0.370 e. The van der Waals surface area contributed by atoms with Crippen LogP contribution in [0, 0.1) is 6.92 Å². The van der Waals surface area contributed by atoms with Gasteiger partial charge in [0.05, 0.1) is 6.54 Å². The molecule has 0 aliphatic carbocycles. The highest BCUT2D eigenvalue weighted by molar-refractivity contribution is 14.0. The Morgan fingerprint density at radius 2 is 1.81 bits per heavy atom. The number of guanidine groups is 1. The number of rotatable bonds is 4. The Hall–Kier alpha value is -1.56. The van der Waals surface area contributed by atoms with Gasteiger partial charge in [0.2, 0.25) is 0 Å². The monoisotopic (exact) mass is 395 g/mol. The van der Waals surface area contributed by atoms with Gasteiger partial charge < -0.3 is 11.1 Å². The van der Waals surface area contributed by atoms with E-state index in [0.29, 0.717) is 12.5 Å². The van der Waals surface area contributed by atoms with Crippen LogP contribution in [0.1, 0.15) is 23.6 Å². The van der Waals surface area contributed by atoms with Gasteiger partial charge in [0.25, 0.3) is 0 Å². The number of benzene rings is 2. The van der Waals surface area contributed by atoms with Crippen LogP contribution in [-0.2, 0) is 13.0 Å².